The molecule has 0 aliphatic carbocycles. The van der Waals surface area contributed by atoms with Crippen LogP contribution in [-0.4, -0.2) is 16.6 Å². The molecular formula is C18H13ClN4O2. The Balaban J connectivity index is 1.62. The number of rotatable bonds is 3. The van der Waals surface area contributed by atoms with Crippen molar-refractivity contribution in [3.8, 4) is 0 Å². The number of carbonyl (C=O) groups excluding carboxylic acids is 1. The Kier molecular flexibility index (Phi) is 3.74. The van der Waals surface area contributed by atoms with Gasteiger partial charge in [0.1, 0.15) is 0 Å². The lowest BCUT2D eigenvalue weighted by molar-refractivity contribution is 0.0996. The van der Waals surface area contributed by atoms with Crippen LogP contribution in [0.3, 0.4) is 0 Å². The summed E-state index contributed by atoms with van der Waals surface area (Å²) in [4.78, 5) is 20.9. The zero-order valence-electron chi connectivity index (χ0n) is 13.0. The predicted molar refractivity (Wildman–Crippen MR) is 96.7 cm³/mol. The molecule has 0 fully saturated rings. The van der Waals surface area contributed by atoms with Gasteiger partial charge in [-0.25, -0.2) is 9.98 Å². The van der Waals surface area contributed by atoms with Gasteiger partial charge in [-0.1, -0.05) is 11.6 Å². The number of benzene rings is 1. The monoisotopic (exact) mass is 352 g/mol. The molecule has 0 bridgehead atoms. The Morgan fingerprint density at radius 1 is 1.28 bits per heavy atom. The van der Waals surface area contributed by atoms with E-state index in [4.69, 9.17) is 21.8 Å². The standard InChI is InChI=1S/C18H13ClN4O2/c19-14-4-3-12(22-18(24)16-2-1-5-25-16)8-13(14)15-7-10-6-11(20)9-21-17(10)23-15/h1-6,8-9H,7,20H2,(H,22,24). The molecule has 0 radical (unpaired) electrons. The van der Waals surface area contributed by atoms with E-state index < -0.39 is 0 Å². The zero-order chi connectivity index (χ0) is 17.4. The molecular weight excluding hydrogens is 340 g/mol. The summed E-state index contributed by atoms with van der Waals surface area (Å²) in [6.45, 7) is 0. The summed E-state index contributed by atoms with van der Waals surface area (Å²) in [5.74, 6) is 0.552. The highest BCUT2D eigenvalue weighted by Crippen LogP contribution is 2.31. The fourth-order valence-electron chi connectivity index (χ4n) is 2.68. The van der Waals surface area contributed by atoms with Gasteiger partial charge in [0.2, 0.25) is 0 Å². The van der Waals surface area contributed by atoms with E-state index in [0.29, 0.717) is 28.6 Å². The molecule has 4 rings (SSSR count). The number of pyridine rings is 1. The number of hydrogen-bond acceptors (Lipinski definition) is 5. The number of hydrogen-bond donors (Lipinski definition) is 2. The molecule has 3 N–H and O–H groups in total. The van der Waals surface area contributed by atoms with Gasteiger partial charge in [-0.3, -0.25) is 4.79 Å². The molecule has 1 aliphatic heterocycles. The van der Waals surface area contributed by atoms with Crippen molar-refractivity contribution in [2.45, 2.75) is 6.42 Å². The van der Waals surface area contributed by atoms with Gasteiger partial charge in [0, 0.05) is 28.3 Å². The molecule has 0 saturated carbocycles. The largest absolute Gasteiger partial charge is 0.459 e. The number of nitrogen functional groups attached to an aromatic ring is 1. The fraction of sp³-hybridized carbons (Fsp3) is 0.0556. The van der Waals surface area contributed by atoms with Crippen LogP contribution >= 0.6 is 11.6 Å². The molecule has 0 saturated heterocycles. The van der Waals surface area contributed by atoms with E-state index in [9.17, 15) is 4.79 Å². The van der Waals surface area contributed by atoms with Crippen LogP contribution in [0.2, 0.25) is 5.02 Å². The van der Waals surface area contributed by atoms with Crippen LogP contribution < -0.4 is 11.1 Å². The number of anilines is 2. The fourth-order valence-corrected chi connectivity index (χ4v) is 2.91. The predicted octanol–water partition coefficient (Wildman–Crippen LogP) is 3.84. The first-order valence-electron chi connectivity index (χ1n) is 7.57. The minimum absolute atomic E-state index is 0.238. The van der Waals surface area contributed by atoms with Gasteiger partial charge in [0.25, 0.3) is 5.91 Å². The number of nitrogens with one attached hydrogen (secondary N) is 1. The minimum atomic E-state index is -0.329. The third-order valence-electron chi connectivity index (χ3n) is 3.84. The van der Waals surface area contributed by atoms with Gasteiger partial charge in [0.15, 0.2) is 11.6 Å². The van der Waals surface area contributed by atoms with Crippen LogP contribution in [0, 0.1) is 0 Å². The van der Waals surface area contributed by atoms with E-state index in [1.807, 2.05) is 6.07 Å². The molecule has 25 heavy (non-hydrogen) atoms. The average molecular weight is 353 g/mol. The Labute approximate surface area is 148 Å². The number of fused-ring (bicyclic) bond motifs is 1. The van der Waals surface area contributed by atoms with Crippen LogP contribution in [0.25, 0.3) is 0 Å². The van der Waals surface area contributed by atoms with Crippen molar-refractivity contribution in [2.24, 2.45) is 4.99 Å². The maximum atomic E-state index is 12.1. The molecule has 0 atom stereocenters. The van der Waals surface area contributed by atoms with Gasteiger partial charge < -0.3 is 15.5 Å². The zero-order valence-corrected chi connectivity index (χ0v) is 13.7. The van der Waals surface area contributed by atoms with Crippen LogP contribution in [0.1, 0.15) is 21.7 Å². The van der Waals surface area contributed by atoms with Gasteiger partial charge >= 0.3 is 0 Å². The number of aliphatic imine (C=N–C) groups is 1. The second-order valence-corrected chi connectivity index (χ2v) is 6.02. The summed E-state index contributed by atoms with van der Waals surface area (Å²) < 4.78 is 5.09. The summed E-state index contributed by atoms with van der Waals surface area (Å²) in [6.07, 6.45) is 3.61. The summed E-state index contributed by atoms with van der Waals surface area (Å²) in [7, 11) is 0. The van der Waals surface area contributed by atoms with Crippen LogP contribution in [0.4, 0.5) is 17.2 Å². The van der Waals surface area contributed by atoms with E-state index >= 15 is 0 Å². The van der Waals surface area contributed by atoms with Gasteiger partial charge in [-0.15, -0.1) is 0 Å². The van der Waals surface area contributed by atoms with Crippen molar-refractivity contribution in [1.82, 2.24) is 4.98 Å². The molecule has 124 valence electrons. The third-order valence-corrected chi connectivity index (χ3v) is 4.17. The number of amides is 1. The van der Waals surface area contributed by atoms with E-state index in [0.717, 1.165) is 16.8 Å². The van der Waals surface area contributed by atoms with E-state index in [1.54, 1.807) is 36.5 Å². The van der Waals surface area contributed by atoms with Crippen LogP contribution in [0.5, 0.6) is 0 Å². The second kappa shape index (κ2) is 6.07. The van der Waals surface area contributed by atoms with Gasteiger partial charge in [-0.05, 0) is 36.4 Å². The molecule has 3 heterocycles. The second-order valence-electron chi connectivity index (χ2n) is 5.61. The van der Waals surface area contributed by atoms with Gasteiger partial charge in [0.05, 0.1) is 23.9 Å². The Morgan fingerprint density at radius 2 is 2.16 bits per heavy atom. The normalized spacial score (nSPS) is 12.6. The molecule has 3 aromatic rings. The third kappa shape index (κ3) is 2.99. The summed E-state index contributed by atoms with van der Waals surface area (Å²) in [6, 6.07) is 10.4. The van der Waals surface area contributed by atoms with E-state index in [-0.39, 0.29) is 11.7 Å². The first kappa shape index (κ1) is 15.4. The van der Waals surface area contributed by atoms with Crippen molar-refractivity contribution in [3.63, 3.8) is 0 Å². The van der Waals surface area contributed by atoms with E-state index in [2.05, 4.69) is 15.3 Å². The molecule has 0 spiro atoms. The van der Waals surface area contributed by atoms with Crippen molar-refractivity contribution >= 4 is 40.4 Å². The molecule has 1 aliphatic rings. The number of carbonyl (C=O) groups is 1. The maximum absolute atomic E-state index is 12.1. The van der Waals surface area contributed by atoms with Crippen LogP contribution in [-0.2, 0) is 6.42 Å². The lowest BCUT2D eigenvalue weighted by Gasteiger charge is -2.08. The smallest absolute Gasteiger partial charge is 0.291 e. The summed E-state index contributed by atoms with van der Waals surface area (Å²) >= 11 is 6.33. The molecule has 7 heteroatoms. The number of nitrogens with two attached hydrogens (primary N) is 1. The lowest BCUT2D eigenvalue weighted by atomic mass is 10.0. The Bertz CT molecular complexity index is 996. The number of aromatic nitrogens is 1. The number of furan rings is 1. The molecule has 0 unspecified atom stereocenters. The highest BCUT2D eigenvalue weighted by atomic mass is 35.5. The quantitative estimate of drug-likeness (QED) is 0.748. The minimum Gasteiger partial charge on any atom is -0.459 e. The average Bonchev–Trinajstić information content (AvgIpc) is 3.25. The van der Waals surface area contributed by atoms with Gasteiger partial charge in [-0.2, -0.15) is 0 Å². The highest BCUT2D eigenvalue weighted by Gasteiger charge is 2.20. The van der Waals surface area contributed by atoms with E-state index in [1.165, 1.54) is 6.26 Å². The number of halogens is 1. The summed E-state index contributed by atoms with van der Waals surface area (Å²) in [5, 5.41) is 3.34. The molecule has 1 aromatic carbocycles. The Morgan fingerprint density at radius 3 is 2.96 bits per heavy atom. The Hall–Kier alpha value is -3.12. The van der Waals surface area contributed by atoms with Crippen molar-refractivity contribution in [2.75, 3.05) is 11.1 Å². The topological polar surface area (TPSA) is 93.5 Å². The number of nitrogens with zero attached hydrogens (tertiary/aromatic N) is 2. The van der Waals surface area contributed by atoms with Crippen LogP contribution in [0.15, 0.2) is 58.3 Å². The lowest BCUT2D eigenvalue weighted by Crippen LogP contribution is -2.11. The molecule has 1 amide bonds. The highest BCUT2D eigenvalue weighted by molar-refractivity contribution is 6.34. The summed E-state index contributed by atoms with van der Waals surface area (Å²) in [5.41, 5.74) is 9.46. The van der Waals surface area contributed by atoms with Crippen molar-refractivity contribution < 1.29 is 9.21 Å². The van der Waals surface area contributed by atoms with Crippen molar-refractivity contribution in [3.05, 3.63) is 70.8 Å². The molecule has 2 aromatic heterocycles. The first-order chi connectivity index (χ1) is 12.1. The first-order valence-corrected chi connectivity index (χ1v) is 7.95. The van der Waals surface area contributed by atoms with Crippen molar-refractivity contribution in [1.29, 1.82) is 0 Å². The maximum Gasteiger partial charge on any atom is 0.291 e. The molecule has 6 nitrogen and oxygen atoms in total. The SMILES string of the molecule is Nc1cnc2c(c1)CC(c1cc(NC(=O)c3ccco3)ccc1Cl)=N2.